The second-order valence-electron chi connectivity index (χ2n) is 17.9. The molecule has 12 rings (SSSR count). The standard InChI is InChI=1S/C55H46N4O2/c1-34-57-52-23-26-54(33-56,32-48(52)53(60)58-34)59-27-24-38(25-28-59)61-55(49-20-8-17-42-39-14-5-2-11-35(39)29-45(42)49,50-21-9-18-43-40-15-6-3-12-36(40)30-46(43)50)51-22-10-19-44-41-16-7-4-13-37(41)31-47(44)51/h2-22,38H,23-32H2,1H3,(H,57,58,60). The first-order valence-electron chi connectivity index (χ1n) is 22.0. The Balaban J connectivity index is 1.03. The quantitative estimate of drug-likeness (QED) is 0.170. The number of nitrogens with zero attached hydrogens (tertiary/aromatic N) is 3. The third kappa shape index (κ3) is 5.47. The molecule has 0 radical (unpaired) electrons. The van der Waals surface area contributed by atoms with Crippen LogP contribution < -0.4 is 5.56 Å². The average Bonchev–Trinajstić information content (AvgIpc) is 4.00. The summed E-state index contributed by atoms with van der Waals surface area (Å²) in [7, 11) is 0. The molecule has 1 aromatic heterocycles. The van der Waals surface area contributed by atoms with Crippen molar-refractivity contribution < 1.29 is 4.74 Å². The van der Waals surface area contributed by atoms with E-state index in [1.807, 2.05) is 6.92 Å². The lowest BCUT2D eigenvalue weighted by Crippen LogP contribution is -2.56. The fourth-order valence-electron chi connectivity index (χ4n) is 11.9. The van der Waals surface area contributed by atoms with E-state index < -0.39 is 11.1 Å². The molecule has 298 valence electrons. The Morgan fingerprint density at radius 3 is 1.59 bits per heavy atom. The van der Waals surface area contributed by atoms with Gasteiger partial charge < -0.3 is 9.72 Å². The van der Waals surface area contributed by atoms with Crippen molar-refractivity contribution in [2.75, 3.05) is 13.1 Å². The van der Waals surface area contributed by atoms with Gasteiger partial charge in [0.05, 0.1) is 17.9 Å². The zero-order valence-corrected chi connectivity index (χ0v) is 34.4. The molecule has 1 N–H and O–H groups in total. The predicted octanol–water partition coefficient (Wildman–Crippen LogP) is 10.0. The van der Waals surface area contributed by atoms with Crippen LogP contribution in [0.25, 0.3) is 33.4 Å². The smallest absolute Gasteiger partial charge is 0.254 e. The number of fused-ring (bicyclic) bond motifs is 10. The SMILES string of the molecule is Cc1nc2c(c(=O)[nH]1)CC(C#N)(N1CCC(OC(c3cccc4c3Cc3ccccc3-4)(c3cccc4c3Cc3ccccc3-4)c3cccc4c3Cc3ccccc3-4)CC1)CC2. The van der Waals surface area contributed by atoms with Gasteiger partial charge in [-0.15, -0.1) is 0 Å². The highest BCUT2D eigenvalue weighted by molar-refractivity contribution is 5.84. The van der Waals surface area contributed by atoms with Crippen molar-refractivity contribution in [3.05, 3.63) is 205 Å². The normalized spacial score (nSPS) is 18.6. The van der Waals surface area contributed by atoms with Gasteiger partial charge in [0.1, 0.15) is 17.0 Å². The van der Waals surface area contributed by atoms with Crippen LogP contribution in [-0.4, -0.2) is 39.6 Å². The highest BCUT2D eigenvalue weighted by Gasteiger charge is 2.49. The Morgan fingerprint density at radius 2 is 1.11 bits per heavy atom. The molecule has 7 aromatic rings. The van der Waals surface area contributed by atoms with E-state index in [9.17, 15) is 10.1 Å². The summed E-state index contributed by atoms with van der Waals surface area (Å²) >= 11 is 0. The number of rotatable bonds is 6. The maximum absolute atomic E-state index is 13.2. The Kier molecular flexibility index (Phi) is 8.26. The van der Waals surface area contributed by atoms with Gasteiger partial charge in [0, 0.05) is 25.1 Å². The van der Waals surface area contributed by atoms with Crippen LogP contribution in [-0.2, 0) is 42.4 Å². The maximum atomic E-state index is 13.2. The van der Waals surface area contributed by atoms with Crippen LogP contribution in [0.1, 0.15) is 86.4 Å². The van der Waals surface area contributed by atoms with Gasteiger partial charge in [-0.3, -0.25) is 9.69 Å². The number of aromatic amines is 1. The lowest BCUT2D eigenvalue weighted by molar-refractivity contribution is -0.0818. The molecule has 6 aromatic carbocycles. The van der Waals surface area contributed by atoms with Gasteiger partial charge in [0.2, 0.25) is 0 Å². The van der Waals surface area contributed by atoms with Crippen LogP contribution in [0.2, 0.25) is 0 Å². The van der Waals surface area contributed by atoms with E-state index in [0.29, 0.717) is 43.7 Å². The Hall–Kier alpha value is -6.39. The van der Waals surface area contributed by atoms with E-state index in [-0.39, 0.29) is 11.7 Å². The summed E-state index contributed by atoms with van der Waals surface area (Å²) in [5.41, 5.74) is 19.2. The van der Waals surface area contributed by atoms with Crippen LogP contribution in [0, 0.1) is 18.3 Å². The molecule has 5 aliphatic rings. The number of likely N-dealkylation sites (tertiary alicyclic amines) is 1. The van der Waals surface area contributed by atoms with Crippen molar-refractivity contribution in [1.82, 2.24) is 14.9 Å². The molecule has 1 fully saturated rings. The number of aryl methyl sites for hydroxylation is 2. The molecule has 2 heterocycles. The number of ether oxygens (including phenoxy) is 1. The number of aromatic nitrogens is 2. The summed E-state index contributed by atoms with van der Waals surface area (Å²) in [6.07, 6.45) is 5.63. The number of hydrogen-bond donors (Lipinski definition) is 1. The first kappa shape index (κ1) is 36.5. The van der Waals surface area contributed by atoms with Crippen LogP contribution >= 0.6 is 0 Å². The molecule has 6 heteroatoms. The predicted molar refractivity (Wildman–Crippen MR) is 240 cm³/mol. The number of H-pyrrole nitrogens is 1. The number of nitriles is 1. The molecule has 0 saturated carbocycles. The Morgan fingerprint density at radius 1 is 0.656 bits per heavy atom. The largest absolute Gasteiger partial charge is 0.357 e. The molecule has 0 bridgehead atoms. The zero-order valence-electron chi connectivity index (χ0n) is 34.4. The second-order valence-corrected chi connectivity index (χ2v) is 17.9. The van der Waals surface area contributed by atoms with E-state index in [2.05, 4.69) is 148 Å². The fraction of sp³-hybridized carbons (Fsp3) is 0.255. The first-order chi connectivity index (χ1) is 29.9. The number of hydrogen-bond acceptors (Lipinski definition) is 5. The minimum Gasteiger partial charge on any atom is -0.357 e. The summed E-state index contributed by atoms with van der Waals surface area (Å²) < 4.78 is 8.23. The van der Waals surface area contributed by atoms with Gasteiger partial charge in [-0.25, -0.2) is 4.98 Å². The fourth-order valence-corrected chi connectivity index (χ4v) is 11.9. The van der Waals surface area contributed by atoms with E-state index in [4.69, 9.17) is 4.74 Å². The molecular weight excluding hydrogens is 749 g/mol. The molecule has 1 unspecified atom stereocenters. The van der Waals surface area contributed by atoms with Gasteiger partial charge in [0.15, 0.2) is 0 Å². The maximum Gasteiger partial charge on any atom is 0.254 e. The molecule has 4 aliphatic carbocycles. The number of piperidine rings is 1. The van der Waals surface area contributed by atoms with Gasteiger partial charge >= 0.3 is 0 Å². The summed E-state index contributed by atoms with van der Waals surface area (Å²) in [5, 5.41) is 10.9. The Bertz CT molecular complexity index is 2820. The van der Waals surface area contributed by atoms with Crippen molar-refractivity contribution in [1.29, 1.82) is 5.26 Å². The van der Waals surface area contributed by atoms with Gasteiger partial charge in [0.25, 0.3) is 5.56 Å². The number of benzene rings is 6. The summed E-state index contributed by atoms with van der Waals surface area (Å²) in [5.74, 6) is 0.628. The van der Waals surface area contributed by atoms with Gasteiger partial charge in [-0.1, -0.05) is 127 Å². The first-order valence-corrected chi connectivity index (χ1v) is 22.0. The van der Waals surface area contributed by atoms with Crippen LogP contribution in [0.5, 0.6) is 0 Å². The van der Waals surface area contributed by atoms with E-state index >= 15 is 0 Å². The highest BCUT2D eigenvalue weighted by atomic mass is 16.5. The third-order valence-electron chi connectivity index (χ3n) is 14.8. The van der Waals surface area contributed by atoms with Gasteiger partial charge in [-0.05, 0) is 135 Å². The molecule has 1 saturated heterocycles. The molecule has 61 heavy (non-hydrogen) atoms. The molecule has 1 atom stereocenters. The van der Waals surface area contributed by atoms with E-state index in [0.717, 1.165) is 37.8 Å². The van der Waals surface area contributed by atoms with E-state index in [1.54, 1.807) is 0 Å². The summed E-state index contributed by atoms with van der Waals surface area (Å²) in [6, 6.07) is 50.1. The van der Waals surface area contributed by atoms with Crippen molar-refractivity contribution in [2.24, 2.45) is 0 Å². The molecule has 0 spiro atoms. The van der Waals surface area contributed by atoms with Crippen LogP contribution in [0.15, 0.2) is 132 Å². The Labute approximate surface area is 356 Å². The monoisotopic (exact) mass is 794 g/mol. The van der Waals surface area contributed by atoms with Crippen molar-refractivity contribution >= 4 is 0 Å². The number of nitrogens with one attached hydrogen (secondary N) is 1. The molecule has 1 aliphatic heterocycles. The minimum absolute atomic E-state index is 0.102. The molecular formula is C55H46N4O2. The second kappa shape index (κ2) is 13.8. The topological polar surface area (TPSA) is 82.0 Å². The summed E-state index contributed by atoms with van der Waals surface area (Å²) in [6.45, 7) is 3.23. The van der Waals surface area contributed by atoms with Crippen LogP contribution in [0.3, 0.4) is 0 Å². The van der Waals surface area contributed by atoms with Crippen LogP contribution in [0.4, 0.5) is 0 Å². The van der Waals surface area contributed by atoms with Crippen molar-refractivity contribution in [2.45, 2.75) is 75.5 Å². The minimum atomic E-state index is -0.950. The zero-order chi connectivity index (χ0) is 40.9. The highest BCUT2D eigenvalue weighted by Crippen LogP contribution is 2.55. The third-order valence-corrected chi connectivity index (χ3v) is 14.8. The molecule has 0 amide bonds. The molecule has 6 nitrogen and oxygen atoms in total. The van der Waals surface area contributed by atoms with Crippen molar-refractivity contribution in [3.63, 3.8) is 0 Å². The average molecular weight is 795 g/mol. The van der Waals surface area contributed by atoms with E-state index in [1.165, 1.54) is 83.5 Å². The lowest BCUT2D eigenvalue weighted by atomic mass is 9.72. The van der Waals surface area contributed by atoms with Crippen molar-refractivity contribution in [3.8, 4) is 39.4 Å². The summed E-state index contributed by atoms with van der Waals surface area (Å²) in [4.78, 5) is 23.1. The lowest BCUT2D eigenvalue weighted by Gasteiger charge is -2.47. The van der Waals surface area contributed by atoms with Gasteiger partial charge in [-0.2, -0.15) is 5.26 Å².